The quantitative estimate of drug-likeness (QED) is 0.129. The number of allylic oxidation sites excluding steroid dienone is 1. The van der Waals surface area contributed by atoms with Crippen molar-refractivity contribution >= 4 is 23.4 Å². The molecule has 0 fully saturated rings. The molecule has 0 unspecified atom stereocenters. The van der Waals surface area contributed by atoms with E-state index in [4.69, 9.17) is 19.2 Å². The summed E-state index contributed by atoms with van der Waals surface area (Å²) >= 11 is 1.31. The average molecular weight is 710 g/mol. The topological polar surface area (TPSA) is 84.0 Å². The largest absolute Gasteiger partial charge is 0.497 e. The average Bonchev–Trinajstić information content (AvgIpc) is 3.72. The van der Waals surface area contributed by atoms with Gasteiger partial charge in [0, 0.05) is 16.8 Å². The number of benzene rings is 4. The second-order valence-corrected chi connectivity index (χ2v) is 13.3. The summed E-state index contributed by atoms with van der Waals surface area (Å²) in [5.41, 5.74) is 7.08. The summed E-state index contributed by atoms with van der Waals surface area (Å²) in [5.74, 6) is 0.565. The summed E-state index contributed by atoms with van der Waals surface area (Å²) in [6, 6.07) is 37.4. The molecule has 1 aliphatic rings. The van der Waals surface area contributed by atoms with Crippen molar-refractivity contribution < 1.29 is 19.0 Å². The molecule has 4 aromatic carbocycles. The molecule has 0 radical (unpaired) electrons. The standard InChI is InChI=1S/C43H39N3O5S/c1-5-16-34-38(42(48)51-6-2)40(33-27-32(49-3)23-24-36(33)50-4)46-41(47)37(52-43(46)44-34)26-30-25-35(28-17-10-7-11-18-28)45(31-21-14-9-15-22-31)39(30)29-19-12-8-13-20-29/h7-15,17-27,40H,5-6,16H2,1-4H3/b37-26-/t40-/m0/s1. The number of thiazole rings is 1. The van der Waals surface area contributed by atoms with Crippen molar-refractivity contribution in [3.63, 3.8) is 0 Å². The van der Waals surface area contributed by atoms with Crippen LogP contribution in [0.4, 0.5) is 0 Å². The summed E-state index contributed by atoms with van der Waals surface area (Å²) in [7, 11) is 3.15. The summed E-state index contributed by atoms with van der Waals surface area (Å²) < 4.78 is 21.4. The predicted octanol–water partition coefficient (Wildman–Crippen LogP) is 7.72. The van der Waals surface area contributed by atoms with Crippen molar-refractivity contribution in [2.75, 3.05) is 20.8 Å². The van der Waals surface area contributed by atoms with E-state index in [1.807, 2.05) is 73.7 Å². The minimum atomic E-state index is -0.855. The van der Waals surface area contributed by atoms with Crippen molar-refractivity contribution in [2.45, 2.75) is 32.7 Å². The molecule has 0 saturated carbocycles. The Balaban J connectivity index is 1.54. The Morgan fingerprint density at radius 3 is 2.15 bits per heavy atom. The first kappa shape index (κ1) is 34.5. The molecule has 3 heterocycles. The number of fused-ring (bicyclic) bond motifs is 1. The zero-order valence-electron chi connectivity index (χ0n) is 29.5. The van der Waals surface area contributed by atoms with Gasteiger partial charge in [0.15, 0.2) is 4.80 Å². The van der Waals surface area contributed by atoms with Gasteiger partial charge in [-0.2, -0.15) is 0 Å². The van der Waals surface area contributed by atoms with Crippen LogP contribution in [0, 0.1) is 0 Å². The van der Waals surface area contributed by atoms with Gasteiger partial charge in [0.25, 0.3) is 5.56 Å². The molecule has 0 aliphatic carbocycles. The van der Waals surface area contributed by atoms with Crippen LogP contribution in [0.15, 0.2) is 136 Å². The number of carbonyl (C=O) groups excluding carboxylic acids is 1. The second kappa shape index (κ2) is 15.1. The monoisotopic (exact) mass is 709 g/mol. The number of hydrogen-bond acceptors (Lipinski definition) is 7. The first-order valence-corrected chi connectivity index (χ1v) is 18.1. The molecule has 1 atom stereocenters. The minimum Gasteiger partial charge on any atom is -0.497 e. The molecular weight excluding hydrogens is 671 g/mol. The summed E-state index contributed by atoms with van der Waals surface area (Å²) in [5, 5.41) is 0. The number of hydrogen-bond donors (Lipinski definition) is 0. The normalized spacial score (nSPS) is 14.2. The van der Waals surface area contributed by atoms with Crippen LogP contribution in [0.2, 0.25) is 0 Å². The molecule has 1 aliphatic heterocycles. The Kier molecular flexibility index (Phi) is 10.0. The number of rotatable bonds is 11. The highest BCUT2D eigenvalue weighted by Crippen LogP contribution is 2.39. The number of ether oxygens (including phenoxy) is 3. The van der Waals surface area contributed by atoms with Gasteiger partial charge in [0.05, 0.1) is 48.0 Å². The Morgan fingerprint density at radius 2 is 1.52 bits per heavy atom. The lowest BCUT2D eigenvalue weighted by atomic mass is 9.93. The highest BCUT2D eigenvalue weighted by molar-refractivity contribution is 7.07. The fourth-order valence-corrected chi connectivity index (χ4v) is 7.82. The molecule has 52 heavy (non-hydrogen) atoms. The third-order valence-corrected chi connectivity index (χ3v) is 10.1. The van der Waals surface area contributed by atoms with Crippen LogP contribution >= 0.6 is 11.3 Å². The third-order valence-electron chi connectivity index (χ3n) is 9.07. The predicted molar refractivity (Wildman–Crippen MR) is 206 cm³/mol. The maximum atomic E-state index is 14.9. The van der Waals surface area contributed by atoms with Crippen LogP contribution in [0.25, 0.3) is 34.3 Å². The SMILES string of the molecule is CCCC1=C(C(=O)OCC)[C@H](c2cc(OC)ccc2OC)n2c(s/c(=C\c3cc(-c4ccccc4)n(-c4ccccc4)c3-c3ccccc3)c2=O)=N1. The number of carbonyl (C=O) groups is 1. The molecule has 8 nitrogen and oxygen atoms in total. The van der Waals surface area contributed by atoms with E-state index >= 15 is 0 Å². The molecule has 0 bridgehead atoms. The first-order valence-electron chi connectivity index (χ1n) is 17.3. The van der Waals surface area contributed by atoms with Crippen molar-refractivity contribution in [2.24, 2.45) is 4.99 Å². The number of esters is 1. The van der Waals surface area contributed by atoms with Crippen LogP contribution in [0.5, 0.6) is 11.5 Å². The lowest BCUT2D eigenvalue weighted by molar-refractivity contribution is -0.139. The first-order chi connectivity index (χ1) is 25.5. The van der Waals surface area contributed by atoms with E-state index in [9.17, 15) is 9.59 Å². The van der Waals surface area contributed by atoms with Gasteiger partial charge in [-0.15, -0.1) is 0 Å². The van der Waals surface area contributed by atoms with Crippen LogP contribution in [0.1, 0.15) is 43.9 Å². The molecule has 9 heteroatoms. The zero-order valence-corrected chi connectivity index (χ0v) is 30.4. The van der Waals surface area contributed by atoms with Crippen LogP contribution in [-0.4, -0.2) is 35.9 Å². The van der Waals surface area contributed by atoms with Gasteiger partial charge in [-0.3, -0.25) is 9.36 Å². The zero-order chi connectivity index (χ0) is 36.2. The Labute approximate surface area is 306 Å². The van der Waals surface area contributed by atoms with Crippen LogP contribution in [-0.2, 0) is 9.53 Å². The van der Waals surface area contributed by atoms with E-state index in [1.165, 1.54) is 11.3 Å². The van der Waals surface area contributed by atoms with Gasteiger partial charge in [-0.25, -0.2) is 9.79 Å². The molecular formula is C43H39N3O5S. The molecule has 2 aromatic heterocycles. The molecule has 262 valence electrons. The van der Waals surface area contributed by atoms with Crippen molar-refractivity contribution in [3.8, 4) is 39.7 Å². The van der Waals surface area contributed by atoms with Crippen molar-refractivity contribution in [1.82, 2.24) is 9.13 Å². The minimum absolute atomic E-state index is 0.179. The molecule has 0 saturated heterocycles. The van der Waals surface area contributed by atoms with E-state index in [0.29, 0.717) is 44.1 Å². The highest BCUT2D eigenvalue weighted by Gasteiger charge is 2.36. The number of aromatic nitrogens is 2. The molecule has 0 amide bonds. The second-order valence-electron chi connectivity index (χ2n) is 12.3. The smallest absolute Gasteiger partial charge is 0.338 e. The molecule has 7 rings (SSSR count). The van der Waals surface area contributed by atoms with Gasteiger partial charge in [0.1, 0.15) is 17.5 Å². The Hall–Kier alpha value is -5.93. The van der Waals surface area contributed by atoms with E-state index in [1.54, 1.807) is 37.8 Å². The third kappa shape index (κ3) is 6.39. The fourth-order valence-electron chi connectivity index (χ4n) is 6.81. The fraction of sp³-hybridized carbons (Fsp3) is 0.186. The van der Waals surface area contributed by atoms with Gasteiger partial charge in [-0.05, 0) is 66.9 Å². The van der Waals surface area contributed by atoms with Crippen molar-refractivity contribution in [1.29, 1.82) is 0 Å². The molecule has 6 aromatic rings. The van der Waals surface area contributed by atoms with Crippen LogP contribution < -0.4 is 24.4 Å². The van der Waals surface area contributed by atoms with E-state index in [-0.39, 0.29) is 12.2 Å². The highest BCUT2D eigenvalue weighted by atomic mass is 32.1. The lowest BCUT2D eigenvalue weighted by Gasteiger charge is -2.27. The van der Waals surface area contributed by atoms with Gasteiger partial charge >= 0.3 is 5.97 Å². The molecule has 0 spiro atoms. The summed E-state index contributed by atoms with van der Waals surface area (Å²) in [4.78, 5) is 34.1. The van der Waals surface area contributed by atoms with E-state index < -0.39 is 12.0 Å². The van der Waals surface area contributed by atoms with Crippen molar-refractivity contribution in [3.05, 3.63) is 157 Å². The lowest BCUT2D eigenvalue weighted by Crippen LogP contribution is -2.40. The molecule has 0 N–H and O–H groups in total. The number of para-hydroxylation sites is 1. The van der Waals surface area contributed by atoms with Gasteiger partial charge < -0.3 is 18.8 Å². The summed E-state index contributed by atoms with van der Waals surface area (Å²) in [6.45, 7) is 3.98. The van der Waals surface area contributed by atoms with E-state index in [0.717, 1.165) is 40.2 Å². The van der Waals surface area contributed by atoms with Gasteiger partial charge in [-0.1, -0.05) is 104 Å². The van der Waals surface area contributed by atoms with Crippen LogP contribution in [0.3, 0.4) is 0 Å². The number of methoxy groups -OCH3 is 2. The maximum Gasteiger partial charge on any atom is 0.338 e. The maximum absolute atomic E-state index is 14.9. The van der Waals surface area contributed by atoms with Gasteiger partial charge in [0.2, 0.25) is 0 Å². The Bertz CT molecular complexity index is 2450. The summed E-state index contributed by atoms with van der Waals surface area (Å²) in [6.07, 6.45) is 3.22. The van der Waals surface area contributed by atoms with E-state index in [2.05, 4.69) is 47.0 Å². The Morgan fingerprint density at radius 1 is 0.846 bits per heavy atom. The number of nitrogens with zero attached hydrogens (tertiary/aromatic N) is 3.